The Labute approximate surface area is 186 Å². The summed E-state index contributed by atoms with van der Waals surface area (Å²) in [5.41, 5.74) is 0.820. The first-order valence-corrected chi connectivity index (χ1v) is 9.99. The predicted octanol–water partition coefficient (Wildman–Crippen LogP) is 3.98. The first-order valence-electron chi connectivity index (χ1n) is 9.61. The Hall–Kier alpha value is -4.23. The Balaban J connectivity index is 1.76. The molecule has 156 valence electrons. The molecule has 0 fully saturated rings. The van der Waals surface area contributed by atoms with Crippen LogP contribution in [-0.4, -0.2) is 27.7 Å². The van der Waals surface area contributed by atoms with E-state index in [9.17, 15) is 19.5 Å². The molecule has 7 nitrogen and oxygen atoms in total. The summed E-state index contributed by atoms with van der Waals surface area (Å²) >= 11 is 6.29. The predicted molar refractivity (Wildman–Crippen MR) is 122 cm³/mol. The molecule has 1 aliphatic rings. The molecule has 0 saturated carbocycles. The quantitative estimate of drug-likeness (QED) is 0.369. The molecule has 1 aromatic heterocycles. The SMILES string of the molecule is O=C1NC(=O)c2c(N=Cc3c(O)n(-c4ccccc4Cl)c(=O)c4ccccc34)cccc21. The lowest BCUT2D eigenvalue weighted by atomic mass is 10.1. The average molecular weight is 444 g/mol. The van der Waals surface area contributed by atoms with Gasteiger partial charge in [-0.3, -0.25) is 24.7 Å². The molecule has 0 unspecified atom stereocenters. The fourth-order valence-corrected chi connectivity index (χ4v) is 4.01. The van der Waals surface area contributed by atoms with Crippen molar-refractivity contribution >= 4 is 46.1 Å². The van der Waals surface area contributed by atoms with E-state index >= 15 is 0 Å². The Morgan fingerprint density at radius 2 is 1.59 bits per heavy atom. The molecule has 0 saturated heterocycles. The second kappa shape index (κ2) is 7.47. The molecule has 0 spiro atoms. The highest BCUT2D eigenvalue weighted by Gasteiger charge is 2.29. The third-order valence-electron chi connectivity index (χ3n) is 5.27. The van der Waals surface area contributed by atoms with Crippen molar-refractivity contribution in [3.63, 3.8) is 0 Å². The number of hydrogen-bond donors (Lipinski definition) is 2. The number of halogens is 1. The van der Waals surface area contributed by atoms with Gasteiger partial charge in [0.2, 0.25) is 5.88 Å². The fraction of sp³-hybridized carbons (Fsp3) is 0. The number of imide groups is 1. The molecule has 0 radical (unpaired) electrons. The number of nitrogens with one attached hydrogen (secondary N) is 1. The van der Waals surface area contributed by atoms with Gasteiger partial charge in [-0.05, 0) is 30.3 Å². The Morgan fingerprint density at radius 1 is 0.875 bits per heavy atom. The van der Waals surface area contributed by atoms with Crippen LogP contribution in [0.25, 0.3) is 16.5 Å². The van der Waals surface area contributed by atoms with Gasteiger partial charge in [0.25, 0.3) is 17.4 Å². The average Bonchev–Trinajstić information content (AvgIpc) is 3.09. The van der Waals surface area contributed by atoms with E-state index in [1.54, 1.807) is 66.7 Å². The summed E-state index contributed by atoms with van der Waals surface area (Å²) in [7, 11) is 0. The van der Waals surface area contributed by atoms with Gasteiger partial charge in [-0.15, -0.1) is 0 Å². The zero-order valence-corrected chi connectivity index (χ0v) is 17.1. The minimum Gasteiger partial charge on any atom is -0.494 e. The maximum Gasteiger partial charge on any atom is 0.265 e. The van der Waals surface area contributed by atoms with E-state index in [-0.39, 0.29) is 28.3 Å². The third kappa shape index (κ3) is 2.99. The van der Waals surface area contributed by atoms with Crippen LogP contribution < -0.4 is 10.9 Å². The van der Waals surface area contributed by atoms with Crippen LogP contribution in [0.2, 0.25) is 5.02 Å². The Bertz CT molecular complexity index is 1540. The summed E-state index contributed by atoms with van der Waals surface area (Å²) in [5, 5.41) is 14.5. The highest BCUT2D eigenvalue weighted by atomic mass is 35.5. The van der Waals surface area contributed by atoms with E-state index in [1.165, 1.54) is 6.21 Å². The lowest BCUT2D eigenvalue weighted by molar-refractivity contribution is 0.0880. The summed E-state index contributed by atoms with van der Waals surface area (Å²) in [5.74, 6) is -1.37. The van der Waals surface area contributed by atoms with E-state index < -0.39 is 17.4 Å². The number of aromatic nitrogens is 1. The number of benzene rings is 3. The van der Waals surface area contributed by atoms with Gasteiger partial charge >= 0.3 is 0 Å². The lowest BCUT2D eigenvalue weighted by Crippen LogP contribution is -2.20. The van der Waals surface area contributed by atoms with Gasteiger partial charge in [-0.25, -0.2) is 4.57 Å². The number of nitrogens with zero attached hydrogens (tertiary/aromatic N) is 2. The summed E-state index contributed by atoms with van der Waals surface area (Å²) in [6.45, 7) is 0. The maximum absolute atomic E-state index is 13.2. The largest absolute Gasteiger partial charge is 0.494 e. The van der Waals surface area contributed by atoms with Crippen LogP contribution in [0, 0.1) is 0 Å². The van der Waals surface area contributed by atoms with Gasteiger partial charge in [-0.2, -0.15) is 0 Å². The maximum atomic E-state index is 13.2. The van der Waals surface area contributed by atoms with Crippen molar-refractivity contribution in [1.82, 2.24) is 9.88 Å². The van der Waals surface area contributed by atoms with Gasteiger partial charge in [0.15, 0.2) is 0 Å². The van der Waals surface area contributed by atoms with Crippen molar-refractivity contribution in [3.05, 3.63) is 98.8 Å². The Morgan fingerprint density at radius 3 is 2.38 bits per heavy atom. The van der Waals surface area contributed by atoms with E-state index in [0.717, 1.165) is 4.57 Å². The number of hydrogen-bond acceptors (Lipinski definition) is 5. The molecule has 4 aromatic rings. The van der Waals surface area contributed by atoms with Gasteiger partial charge in [0, 0.05) is 17.0 Å². The molecule has 0 bridgehead atoms. The van der Waals surface area contributed by atoms with Crippen molar-refractivity contribution in [3.8, 4) is 11.6 Å². The molecule has 1 aliphatic heterocycles. The third-order valence-corrected chi connectivity index (χ3v) is 5.59. The molecular formula is C24H14ClN3O4. The first kappa shape index (κ1) is 19.7. The van der Waals surface area contributed by atoms with E-state index in [0.29, 0.717) is 21.5 Å². The molecule has 5 rings (SSSR count). The van der Waals surface area contributed by atoms with E-state index in [2.05, 4.69) is 10.3 Å². The summed E-state index contributed by atoms with van der Waals surface area (Å²) in [6.07, 6.45) is 1.37. The zero-order valence-electron chi connectivity index (χ0n) is 16.4. The van der Waals surface area contributed by atoms with Crippen LogP contribution in [0.1, 0.15) is 26.3 Å². The number of carbonyl (C=O) groups excluding carboxylic acids is 2. The number of amides is 2. The van der Waals surface area contributed by atoms with E-state index in [4.69, 9.17) is 11.6 Å². The van der Waals surface area contributed by atoms with Crippen molar-refractivity contribution in [2.75, 3.05) is 0 Å². The topological polar surface area (TPSA) is 101 Å². The monoisotopic (exact) mass is 443 g/mol. The molecule has 2 amide bonds. The minimum atomic E-state index is -0.534. The van der Waals surface area contributed by atoms with Crippen LogP contribution in [-0.2, 0) is 0 Å². The first-order chi connectivity index (χ1) is 15.5. The van der Waals surface area contributed by atoms with Gasteiger partial charge < -0.3 is 5.11 Å². The van der Waals surface area contributed by atoms with Crippen molar-refractivity contribution in [1.29, 1.82) is 0 Å². The number of rotatable bonds is 3. The van der Waals surface area contributed by atoms with Crippen molar-refractivity contribution in [2.24, 2.45) is 4.99 Å². The van der Waals surface area contributed by atoms with Gasteiger partial charge in [0.1, 0.15) is 0 Å². The zero-order chi connectivity index (χ0) is 22.4. The lowest BCUT2D eigenvalue weighted by Gasteiger charge is -2.14. The summed E-state index contributed by atoms with van der Waals surface area (Å²) in [4.78, 5) is 41.7. The van der Waals surface area contributed by atoms with Crippen molar-refractivity contribution in [2.45, 2.75) is 0 Å². The van der Waals surface area contributed by atoms with Crippen LogP contribution in [0.5, 0.6) is 5.88 Å². The second-order valence-corrected chi connectivity index (χ2v) is 7.52. The molecule has 3 aromatic carbocycles. The number of aliphatic imine (C=N–C) groups is 1. The molecule has 2 N–H and O–H groups in total. The minimum absolute atomic E-state index is 0.164. The fourth-order valence-electron chi connectivity index (χ4n) is 3.79. The van der Waals surface area contributed by atoms with Crippen LogP contribution >= 0.6 is 11.6 Å². The molecule has 0 atom stereocenters. The molecular weight excluding hydrogens is 430 g/mol. The molecule has 0 aliphatic carbocycles. The number of aromatic hydroxyl groups is 1. The normalized spacial score (nSPS) is 13.0. The number of para-hydroxylation sites is 1. The van der Waals surface area contributed by atoms with Crippen LogP contribution in [0.15, 0.2) is 76.5 Å². The molecule has 32 heavy (non-hydrogen) atoms. The van der Waals surface area contributed by atoms with Crippen LogP contribution in [0.3, 0.4) is 0 Å². The number of fused-ring (bicyclic) bond motifs is 2. The van der Waals surface area contributed by atoms with Gasteiger partial charge in [-0.1, -0.05) is 48.0 Å². The number of pyridine rings is 1. The molecule has 2 heterocycles. The second-order valence-electron chi connectivity index (χ2n) is 7.12. The van der Waals surface area contributed by atoms with Crippen molar-refractivity contribution < 1.29 is 14.7 Å². The summed E-state index contributed by atoms with van der Waals surface area (Å²) in [6, 6.07) is 18.2. The van der Waals surface area contributed by atoms with Gasteiger partial charge in [0.05, 0.1) is 33.1 Å². The van der Waals surface area contributed by atoms with Crippen LogP contribution in [0.4, 0.5) is 5.69 Å². The highest BCUT2D eigenvalue weighted by molar-refractivity contribution is 6.32. The standard InChI is InChI=1S/C24H14ClN3O4/c25-17-9-3-4-11-19(17)28-23(31)14-7-2-1-6-13(14)16(24(28)32)12-26-18-10-5-8-15-20(18)22(30)27-21(15)29/h1-12,32H,(H,27,29,30). The van der Waals surface area contributed by atoms with E-state index in [1.807, 2.05) is 0 Å². The number of carbonyl (C=O) groups is 2. The summed E-state index contributed by atoms with van der Waals surface area (Å²) < 4.78 is 1.12. The Kier molecular flexibility index (Phi) is 4.61. The molecule has 8 heteroatoms. The smallest absolute Gasteiger partial charge is 0.265 e. The highest BCUT2D eigenvalue weighted by Crippen LogP contribution is 2.31.